The van der Waals surface area contributed by atoms with Crippen LogP contribution in [0.25, 0.3) is 0 Å². The predicted octanol–water partition coefficient (Wildman–Crippen LogP) is 3.63. The lowest BCUT2D eigenvalue weighted by Gasteiger charge is -2.34. The second kappa shape index (κ2) is 6.68. The van der Waals surface area contributed by atoms with Crippen LogP contribution in [0.4, 0.5) is 5.69 Å². The lowest BCUT2D eigenvalue weighted by atomic mass is 10.0. The van der Waals surface area contributed by atoms with E-state index in [9.17, 15) is 14.4 Å². The Morgan fingerprint density at radius 2 is 1.73 bits per heavy atom. The highest BCUT2D eigenvalue weighted by atomic mass is 79.9. The number of para-hydroxylation sites is 1. The van der Waals surface area contributed by atoms with Crippen LogP contribution < -0.4 is 4.90 Å². The molecule has 0 aromatic heterocycles. The highest BCUT2D eigenvalue weighted by molar-refractivity contribution is 9.10. The van der Waals surface area contributed by atoms with Gasteiger partial charge in [-0.2, -0.15) is 0 Å². The number of anilines is 1. The van der Waals surface area contributed by atoms with Crippen molar-refractivity contribution >= 4 is 39.3 Å². The van der Waals surface area contributed by atoms with Crippen LogP contribution in [-0.2, 0) is 4.79 Å². The maximum atomic E-state index is 13.3. The van der Waals surface area contributed by atoms with E-state index in [0.29, 0.717) is 29.8 Å². The third-order valence-corrected chi connectivity index (χ3v) is 5.47. The fraction of sp³-hybridized carbons (Fsp3) is 0.250. The van der Waals surface area contributed by atoms with Gasteiger partial charge in [0, 0.05) is 16.6 Å². The minimum Gasteiger partial charge on any atom is -0.327 e. The van der Waals surface area contributed by atoms with Gasteiger partial charge in [-0.3, -0.25) is 14.4 Å². The number of hydrogen-bond donors (Lipinski definition) is 0. The van der Waals surface area contributed by atoms with Gasteiger partial charge in [-0.1, -0.05) is 28.1 Å². The van der Waals surface area contributed by atoms with Gasteiger partial charge in [0.05, 0.1) is 11.3 Å². The minimum atomic E-state index is -0.581. The van der Waals surface area contributed by atoms with E-state index < -0.39 is 11.9 Å². The standard InChI is InChI=1S/C20H17BrN2O3/c21-14-10-8-13(9-11-14)18(24)23-16-6-2-1-5-15(16)19(25)22-12-4-3-7-17(22)20(23)26/h1-2,5-6,8-11,17H,3-4,7,12H2. The summed E-state index contributed by atoms with van der Waals surface area (Å²) in [6.45, 7) is 0.546. The predicted molar refractivity (Wildman–Crippen MR) is 101 cm³/mol. The molecule has 6 heteroatoms. The van der Waals surface area contributed by atoms with Gasteiger partial charge in [-0.05, 0) is 55.7 Å². The molecule has 5 nitrogen and oxygen atoms in total. The summed E-state index contributed by atoms with van der Waals surface area (Å²) in [6.07, 6.45) is 2.33. The van der Waals surface area contributed by atoms with E-state index in [1.165, 1.54) is 4.90 Å². The van der Waals surface area contributed by atoms with E-state index in [-0.39, 0.29) is 11.8 Å². The highest BCUT2D eigenvalue weighted by Gasteiger charge is 2.42. The molecule has 1 saturated heterocycles. The molecule has 0 saturated carbocycles. The summed E-state index contributed by atoms with van der Waals surface area (Å²) in [5.41, 5.74) is 1.17. The zero-order valence-electron chi connectivity index (χ0n) is 14.0. The molecule has 2 aliphatic rings. The number of halogens is 1. The van der Waals surface area contributed by atoms with E-state index in [4.69, 9.17) is 0 Å². The fourth-order valence-corrected chi connectivity index (χ4v) is 3.90. The second-order valence-electron chi connectivity index (χ2n) is 6.51. The first kappa shape index (κ1) is 17.0. The summed E-state index contributed by atoms with van der Waals surface area (Å²) < 4.78 is 0.852. The van der Waals surface area contributed by atoms with Crippen LogP contribution >= 0.6 is 15.9 Å². The first-order valence-corrected chi connectivity index (χ1v) is 9.41. The minimum absolute atomic E-state index is 0.176. The van der Waals surface area contributed by atoms with Gasteiger partial charge in [0.1, 0.15) is 6.04 Å². The van der Waals surface area contributed by atoms with Crippen LogP contribution in [0.3, 0.4) is 0 Å². The van der Waals surface area contributed by atoms with Crippen LogP contribution in [0.1, 0.15) is 40.0 Å². The zero-order chi connectivity index (χ0) is 18.3. The Morgan fingerprint density at radius 3 is 2.50 bits per heavy atom. The van der Waals surface area contributed by atoms with Crippen molar-refractivity contribution < 1.29 is 14.4 Å². The molecule has 1 fully saturated rings. The Bertz CT molecular complexity index is 894. The number of fused-ring (bicyclic) bond motifs is 2. The van der Waals surface area contributed by atoms with Gasteiger partial charge in [0.25, 0.3) is 17.7 Å². The molecule has 0 bridgehead atoms. The van der Waals surface area contributed by atoms with Crippen molar-refractivity contribution in [2.45, 2.75) is 25.3 Å². The Kier molecular flexibility index (Phi) is 4.36. The maximum Gasteiger partial charge on any atom is 0.265 e. The molecule has 1 atom stereocenters. The van der Waals surface area contributed by atoms with Crippen LogP contribution in [0.15, 0.2) is 53.0 Å². The summed E-state index contributed by atoms with van der Waals surface area (Å²) in [5.74, 6) is -0.907. The normalized spacial score (nSPS) is 19.7. The van der Waals surface area contributed by atoms with E-state index in [1.807, 2.05) is 0 Å². The number of hydrogen-bond acceptors (Lipinski definition) is 3. The Hall–Kier alpha value is -2.47. The molecule has 2 heterocycles. The number of amides is 3. The molecule has 0 radical (unpaired) electrons. The van der Waals surface area contributed by atoms with Crippen molar-refractivity contribution in [2.24, 2.45) is 0 Å². The average molecular weight is 413 g/mol. The van der Waals surface area contributed by atoms with Crippen molar-refractivity contribution in [1.82, 2.24) is 4.90 Å². The van der Waals surface area contributed by atoms with Gasteiger partial charge in [-0.15, -0.1) is 0 Å². The summed E-state index contributed by atoms with van der Waals surface area (Å²) >= 11 is 3.35. The molecule has 2 aromatic carbocycles. The van der Waals surface area contributed by atoms with Crippen molar-refractivity contribution in [3.05, 3.63) is 64.1 Å². The largest absolute Gasteiger partial charge is 0.327 e. The lowest BCUT2D eigenvalue weighted by Crippen LogP contribution is -2.52. The molecular weight excluding hydrogens is 396 g/mol. The van der Waals surface area contributed by atoms with E-state index in [2.05, 4.69) is 15.9 Å². The quantitative estimate of drug-likeness (QED) is 0.671. The number of piperidine rings is 1. The van der Waals surface area contributed by atoms with E-state index in [0.717, 1.165) is 17.3 Å². The van der Waals surface area contributed by atoms with Gasteiger partial charge < -0.3 is 4.90 Å². The number of benzene rings is 2. The van der Waals surface area contributed by atoms with Crippen molar-refractivity contribution in [2.75, 3.05) is 11.4 Å². The summed E-state index contributed by atoms with van der Waals surface area (Å²) in [5, 5.41) is 0. The molecule has 26 heavy (non-hydrogen) atoms. The van der Waals surface area contributed by atoms with Gasteiger partial charge >= 0.3 is 0 Å². The van der Waals surface area contributed by atoms with E-state index >= 15 is 0 Å². The number of carbonyl (C=O) groups excluding carboxylic acids is 3. The molecule has 0 aliphatic carbocycles. The number of carbonyl (C=O) groups is 3. The van der Waals surface area contributed by atoms with Crippen molar-refractivity contribution in [3.63, 3.8) is 0 Å². The molecule has 3 amide bonds. The summed E-state index contributed by atoms with van der Waals surface area (Å²) in [4.78, 5) is 42.3. The molecule has 2 aliphatic heterocycles. The second-order valence-corrected chi connectivity index (χ2v) is 7.43. The van der Waals surface area contributed by atoms with Crippen LogP contribution in [-0.4, -0.2) is 35.2 Å². The third-order valence-electron chi connectivity index (χ3n) is 4.94. The monoisotopic (exact) mass is 412 g/mol. The molecular formula is C20H17BrN2O3. The molecule has 0 spiro atoms. The maximum absolute atomic E-state index is 13.3. The number of rotatable bonds is 1. The van der Waals surface area contributed by atoms with Crippen molar-refractivity contribution in [3.8, 4) is 0 Å². The van der Waals surface area contributed by atoms with E-state index in [1.54, 1.807) is 53.4 Å². The molecule has 0 N–H and O–H groups in total. The topological polar surface area (TPSA) is 57.7 Å². The van der Waals surface area contributed by atoms with Gasteiger partial charge in [0.2, 0.25) is 0 Å². The Labute approximate surface area is 159 Å². The number of imide groups is 1. The summed E-state index contributed by atoms with van der Waals surface area (Å²) in [7, 11) is 0. The molecule has 2 aromatic rings. The van der Waals surface area contributed by atoms with Crippen molar-refractivity contribution in [1.29, 1.82) is 0 Å². The average Bonchev–Trinajstić information content (AvgIpc) is 2.76. The van der Waals surface area contributed by atoms with Crippen LogP contribution in [0.2, 0.25) is 0 Å². The highest BCUT2D eigenvalue weighted by Crippen LogP contribution is 2.32. The first-order valence-electron chi connectivity index (χ1n) is 8.62. The van der Waals surface area contributed by atoms with Gasteiger partial charge in [-0.25, -0.2) is 4.90 Å². The summed E-state index contributed by atoms with van der Waals surface area (Å²) in [6, 6.07) is 13.1. The molecule has 132 valence electrons. The van der Waals surface area contributed by atoms with Crippen LogP contribution in [0, 0.1) is 0 Å². The smallest absolute Gasteiger partial charge is 0.265 e. The zero-order valence-corrected chi connectivity index (χ0v) is 15.6. The van der Waals surface area contributed by atoms with Gasteiger partial charge in [0.15, 0.2) is 0 Å². The molecule has 1 unspecified atom stereocenters. The Morgan fingerprint density at radius 1 is 1.00 bits per heavy atom. The third kappa shape index (κ3) is 2.74. The molecule has 4 rings (SSSR count). The first-order chi connectivity index (χ1) is 12.6. The Balaban J connectivity index is 1.85. The van der Waals surface area contributed by atoms with Crippen LogP contribution in [0.5, 0.6) is 0 Å². The fourth-order valence-electron chi connectivity index (χ4n) is 3.63. The lowest BCUT2D eigenvalue weighted by molar-refractivity contribution is -0.123. The number of nitrogens with zero attached hydrogens (tertiary/aromatic N) is 2. The SMILES string of the molecule is O=C(c1ccc(Br)cc1)N1C(=O)C2CCCCN2C(=O)c2ccccc21.